The number of hydrogen-bond donors (Lipinski definition) is 2. The summed E-state index contributed by atoms with van der Waals surface area (Å²) in [7, 11) is 0. The first kappa shape index (κ1) is 21.1. The lowest BCUT2D eigenvalue weighted by Crippen LogP contribution is -2.43. The highest BCUT2D eigenvalue weighted by molar-refractivity contribution is 6.42. The minimum atomic E-state index is -1.37. The fourth-order valence-electron chi connectivity index (χ4n) is 3.11. The van der Waals surface area contributed by atoms with Gasteiger partial charge in [0.05, 0.1) is 16.1 Å². The summed E-state index contributed by atoms with van der Waals surface area (Å²) in [5, 5.41) is 5.87. The molecule has 2 unspecified atom stereocenters. The maximum absolute atomic E-state index is 13.0. The van der Waals surface area contributed by atoms with Crippen LogP contribution < -0.4 is 10.6 Å². The van der Waals surface area contributed by atoms with Crippen LogP contribution in [-0.2, 0) is 15.1 Å². The fraction of sp³-hybridized carbons (Fsp3) is 0.250. The van der Waals surface area contributed by atoms with Crippen LogP contribution in [-0.4, -0.2) is 29.3 Å². The molecule has 29 heavy (non-hydrogen) atoms. The molecule has 0 saturated carbocycles. The van der Waals surface area contributed by atoms with E-state index < -0.39 is 36.0 Å². The van der Waals surface area contributed by atoms with E-state index in [1.54, 1.807) is 25.1 Å². The Morgan fingerprint density at radius 2 is 1.83 bits per heavy atom. The van der Waals surface area contributed by atoms with Crippen molar-refractivity contribution in [2.75, 3.05) is 6.54 Å². The van der Waals surface area contributed by atoms with Gasteiger partial charge in [0.15, 0.2) is 0 Å². The number of rotatable bonds is 5. The smallest absolute Gasteiger partial charge is 0.325 e. The van der Waals surface area contributed by atoms with Crippen LogP contribution in [0.25, 0.3) is 0 Å². The standard InChI is InChI=1S/C20H18Cl2FN3O3/c1-11(12-3-6-14(23)7-4-12)24-17(27)10-26-18(28)20(2,25-19(26)29)13-5-8-15(21)16(22)9-13/h3-9,11H,10H2,1-2H3,(H,24,27)(H,25,29). The molecule has 0 radical (unpaired) electrons. The Morgan fingerprint density at radius 3 is 2.45 bits per heavy atom. The lowest BCUT2D eigenvalue weighted by Gasteiger charge is -2.23. The van der Waals surface area contributed by atoms with Crippen LogP contribution in [0, 0.1) is 5.82 Å². The minimum Gasteiger partial charge on any atom is -0.348 e. The monoisotopic (exact) mass is 437 g/mol. The summed E-state index contributed by atoms with van der Waals surface area (Å²) < 4.78 is 13.0. The fourth-order valence-corrected chi connectivity index (χ4v) is 3.41. The van der Waals surface area contributed by atoms with Crippen LogP contribution in [0.4, 0.5) is 9.18 Å². The number of imide groups is 1. The summed E-state index contributed by atoms with van der Waals surface area (Å²) in [6, 6.07) is 9.19. The van der Waals surface area contributed by atoms with Crippen LogP contribution >= 0.6 is 23.2 Å². The van der Waals surface area contributed by atoms with Crippen LogP contribution in [0.15, 0.2) is 42.5 Å². The topological polar surface area (TPSA) is 78.5 Å². The molecule has 1 saturated heterocycles. The number of benzene rings is 2. The Bertz CT molecular complexity index is 983. The zero-order chi connectivity index (χ0) is 21.3. The van der Waals surface area contributed by atoms with E-state index in [9.17, 15) is 18.8 Å². The number of urea groups is 1. The number of carbonyl (C=O) groups is 3. The van der Waals surface area contributed by atoms with Gasteiger partial charge in [0.1, 0.15) is 17.9 Å². The second-order valence-corrected chi connectivity index (χ2v) is 7.73. The van der Waals surface area contributed by atoms with E-state index in [1.807, 2.05) is 0 Å². The molecule has 6 nitrogen and oxygen atoms in total. The summed E-state index contributed by atoms with van der Waals surface area (Å²) in [4.78, 5) is 38.5. The van der Waals surface area contributed by atoms with E-state index in [0.29, 0.717) is 16.1 Å². The first-order valence-corrected chi connectivity index (χ1v) is 9.52. The Balaban J connectivity index is 1.71. The summed E-state index contributed by atoms with van der Waals surface area (Å²) >= 11 is 11.9. The molecule has 0 bridgehead atoms. The van der Waals surface area contributed by atoms with E-state index in [4.69, 9.17) is 23.2 Å². The molecule has 4 amide bonds. The maximum atomic E-state index is 13.0. The van der Waals surface area contributed by atoms with Gasteiger partial charge in [-0.15, -0.1) is 0 Å². The molecular weight excluding hydrogens is 420 g/mol. The molecule has 9 heteroatoms. The third-order valence-corrected chi connectivity index (χ3v) is 5.56. The predicted molar refractivity (Wildman–Crippen MR) is 107 cm³/mol. The van der Waals surface area contributed by atoms with E-state index in [0.717, 1.165) is 4.90 Å². The number of nitrogens with one attached hydrogen (secondary N) is 2. The highest BCUT2D eigenvalue weighted by atomic mass is 35.5. The second kappa shape index (κ2) is 8.00. The molecule has 0 aliphatic carbocycles. The van der Waals surface area contributed by atoms with Gasteiger partial charge < -0.3 is 10.6 Å². The third kappa shape index (κ3) is 4.21. The number of amides is 4. The van der Waals surface area contributed by atoms with Gasteiger partial charge in [0.25, 0.3) is 5.91 Å². The van der Waals surface area contributed by atoms with Gasteiger partial charge in [-0.1, -0.05) is 41.4 Å². The SMILES string of the molecule is CC(NC(=O)CN1C(=O)NC(C)(c2ccc(Cl)c(Cl)c2)C1=O)c1ccc(F)cc1. The Morgan fingerprint density at radius 1 is 1.17 bits per heavy atom. The molecule has 2 atom stereocenters. The molecule has 3 rings (SSSR count). The average Bonchev–Trinajstić information content (AvgIpc) is 2.88. The van der Waals surface area contributed by atoms with Crippen LogP contribution in [0.2, 0.25) is 10.0 Å². The van der Waals surface area contributed by atoms with Gasteiger partial charge in [-0.3, -0.25) is 14.5 Å². The highest BCUT2D eigenvalue weighted by Crippen LogP contribution is 2.32. The molecule has 0 aromatic heterocycles. The molecule has 0 spiro atoms. The summed E-state index contributed by atoms with van der Waals surface area (Å²) in [6.07, 6.45) is 0. The van der Waals surface area contributed by atoms with Gasteiger partial charge in [-0.05, 0) is 49.2 Å². The van der Waals surface area contributed by atoms with Crippen molar-refractivity contribution in [3.63, 3.8) is 0 Å². The lowest BCUT2D eigenvalue weighted by atomic mass is 9.92. The zero-order valence-electron chi connectivity index (χ0n) is 15.6. The van der Waals surface area contributed by atoms with E-state index in [1.165, 1.54) is 31.2 Å². The molecule has 1 aliphatic heterocycles. The minimum absolute atomic E-state index is 0.247. The Hall–Kier alpha value is -2.64. The van der Waals surface area contributed by atoms with Crippen molar-refractivity contribution >= 4 is 41.0 Å². The number of hydrogen-bond acceptors (Lipinski definition) is 3. The van der Waals surface area contributed by atoms with Gasteiger partial charge in [-0.2, -0.15) is 0 Å². The molecule has 2 aromatic rings. The molecule has 1 aliphatic rings. The van der Waals surface area contributed by atoms with Gasteiger partial charge in [0.2, 0.25) is 5.91 Å². The zero-order valence-corrected chi connectivity index (χ0v) is 17.1. The third-order valence-electron chi connectivity index (χ3n) is 4.82. The largest absolute Gasteiger partial charge is 0.348 e. The summed E-state index contributed by atoms with van der Waals surface area (Å²) in [5.74, 6) is -1.48. The average molecular weight is 438 g/mol. The van der Waals surface area contributed by atoms with Crippen molar-refractivity contribution in [2.45, 2.75) is 25.4 Å². The number of nitrogens with zero attached hydrogens (tertiary/aromatic N) is 1. The van der Waals surface area contributed by atoms with Crippen molar-refractivity contribution in [3.8, 4) is 0 Å². The van der Waals surface area contributed by atoms with E-state index in [2.05, 4.69) is 10.6 Å². The molecule has 152 valence electrons. The Labute approximate surface area is 177 Å². The van der Waals surface area contributed by atoms with E-state index in [-0.39, 0.29) is 10.8 Å². The second-order valence-electron chi connectivity index (χ2n) is 6.92. The summed E-state index contributed by atoms with van der Waals surface area (Å²) in [6.45, 7) is 2.80. The van der Waals surface area contributed by atoms with Crippen molar-refractivity contribution in [3.05, 3.63) is 69.5 Å². The van der Waals surface area contributed by atoms with Crippen LogP contribution in [0.3, 0.4) is 0 Å². The number of carbonyl (C=O) groups excluding carboxylic acids is 3. The molecular formula is C20H18Cl2FN3O3. The van der Waals surface area contributed by atoms with Crippen molar-refractivity contribution in [1.82, 2.24) is 15.5 Å². The first-order valence-electron chi connectivity index (χ1n) is 8.76. The van der Waals surface area contributed by atoms with Gasteiger partial charge in [-0.25, -0.2) is 9.18 Å². The predicted octanol–water partition coefficient (Wildman–Crippen LogP) is 3.78. The van der Waals surface area contributed by atoms with Gasteiger partial charge in [0, 0.05) is 0 Å². The van der Waals surface area contributed by atoms with Crippen molar-refractivity contribution in [2.24, 2.45) is 0 Å². The van der Waals surface area contributed by atoms with Gasteiger partial charge >= 0.3 is 6.03 Å². The first-order chi connectivity index (χ1) is 13.6. The molecule has 1 heterocycles. The maximum Gasteiger partial charge on any atom is 0.325 e. The lowest BCUT2D eigenvalue weighted by molar-refractivity contribution is -0.135. The van der Waals surface area contributed by atoms with E-state index >= 15 is 0 Å². The molecule has 1 fully saturated rings. The van der Waals surface area contributed by atoms with Crippen molar-refractivity contribution in [1.29, 1.82) is 0 Å². The normalized spacial score (nSPS) is 19.8. The Kier molecular flexibility index (Phi) is 5.82. The highest BCUT2D eigenvalue weighted by Gasteiger charge is 2.49. The molecule has 2 aromatic carbocycles. The van der Waals surface area contributed by atoms with Crippen LogP contribution in [0.5, 0.6) is 0 Å². The quantitative estimate of drug-likeness (QED) is 0.698. The molecule has 2 N–H and O–H groups in total. The number of halogens is 3. The summed E-state index contributed by atoms with van der Waals surface area (Å²) in [5.41, 5.74) is -0.223. The van der Waals surface area contributed by atoms with Crippen molar-refractivity contribution < 1.29 is 18.8 Å². The van der Waals surface area contributed by atoms with Crippen LogP contribution in [0.1, 0.15) is 31.0 Å².